The number of nitrogens with one attached hydrogen (secondary N) is 1. The number of hydrogen-bond acceptors (Lipinski definition) is 6. The van der Waals surface area contributed by atoms with Crippen LogP contribution in [0.5, 0.6) is 5.75 Å². The molecule has 3 heterocycles. The highest BCUT2D eigenvalue weighted by Crippen LogP contribution is 2.46. The second-order valence-electron chi connectivity index (χ2n) is 10.8. The number of carbonyl (C=O) groups is 2. The summed E-state index contributed by atoms with van der Waals surface area (Å²) >= 11 is 13.0. The van der Waals surface area contributed by atoms with Gasteiger partial charge >= 0.3 is 12.0 Å². The molecule has 3 fully saturated rings. The number of aromatic nitrogens is 1. The summed E-state index contributed by atoms with van der Waals surface area (Å²) in [4.78, 5) is 26.7. The van der Waals surface area contributed by atoms with Gasteiger partial charge in [0.1, 0.15) is 17.2 Å². The summed E-state index contributed by atoms with van der Waals surface area (Å²) in [5.74, 6) is 0.459. The lowest BCUT2D eigenvalue weighted by molar-refractivity contribution is -0.0158. The minimum absolute atomic E-state index is 0.0260. The number of hydrogen-bond donors (Lipinski definition) is 2. The van der Waals surface area contributed by atoms with E-state index in [0.29, 0.717) is 64.7 Å². The third kappa shape index (κ3) is 5.63. The Labute approximate surface area is 247 Å². The number of urea groups is 1. The normalized spacial score (nSPS) is 21.6. The Kier molecular flexibility index (Phi) is 7.85. The van der Waals surface area contributed by atoms with Gasteiger partial charge in [-0.25, -0.2) is 9.59 Å². The highest BCUT2D eigenvalue weighted by molar-refractivity contribution is 6.39. The molecule has 2 aromatic carbocycles. The molecule has 1 aliphatic carbocycles. The van der Waals surface area contributed by atoms with E-state index in [1.165, 1.54) is 12.1 Å². The summed E-state index contributed by atoms with van der Waals surface area (Å²) in [6, 6.07) is 9.69. The number of halogens is 2. The van der Waals surface area contributed by atoms with Gasteiger partial charge in [-0.15, -0.1) is 0 Å². The third-order valence-corrected chi connectivity index (χ3v) is 8.75. The Bertz CT molecular complexity index is 1440. The fourth-order valence-corrected chi connectivity index (χ4v) is 6.63. The van der Waals surface area contributed by atoms with E-state index in [0.717, 1.165) is 37.0 Å². The summed E-state index contributed by atoms with van der Waals surface area (Å²) in [5.41, 5.74) is 2.72. The van der Waals surface area contributed by atoms with Crippen molar-refractivity contribution in [1.29, 1.82) is 0 Å². The predicted molar refractivity (Wildman–Crippen MR) is 154 cm³/mol. The summed E-state index contributed by atoms with van der Waals surface area (Å²) in [7, 11) is 0. The number of aromatic carboxylic acids is 1. The molecule has 6 rings (SSSR count). The van der Waals surface area contributed by atoms with Crippen LogP contribution in [0.25, 0.3) is 11.3 Å². The van der Waals surface area contributed by atoms with Gasteiger partial charge in [-0.3, -0.25) is 0 Å². The first kappa shape index (κ1) is 27.9. The molecule has 2 bridgehead atoms. The molecule has 3 aromatic rings. The van der Waals surface area contributed by atoms with E-state index in [1.54, 1.807) is 24.3 Å². The zero-order valence-electron chi connectivity index (χ0n) is 22.6. The van der Waals surface area contributed by atoms with E-state index in [1.807, 2.05) is 11.8 Å². The number of carboxylic acid groups (broad SMARTS) is 1. The number of benzene rings is 2. The summed E-state index contributed by atoms with van der Waals surface area (Å²) in [6.45, 7) is 2.48. The lowest BCUT2D eigenvalue weighted by atomic mass is 9.99. The third-order valence-electron chi connectivity index (χ3n) is 8.12. The van der Waals surface area contributed by atoms with Crippen molar-refractivity contribution in [1.82, 2.24) is 10.1 Å². The van der Waals surface area contributed by atoms with Crippen LogP contribution in [0.4, 0.5) is 10.5 Å². The van der Waals surface area contributed by atoms with Crippen molar-refractivity contribution in [3.8, 4) is 17.0 Å². The van der Waals surface area contributed by atoms with Crippen LogP contribution in [-0.4, -0.2) is 52.0 Å². The van der Waals surface area contributed by atoms with Crippen molar-refractivity contribution in [3.63, 3.8) is 0 Å². The van der Waals surface area contributed by atoms with Crippen molar-refractivity contribution in [2.75, 3.05) is 11.9 Å². The van der Waals surface area contributed by atoms with Crippen LogP contribution in [0.15, 0.2) is 40.9 Å². The highest BCUT2D eigenvalue weighted by atomic mass is 35.5. The number of nitrogens with zero attached hydrogens (tertiary/aromatic N) is 2. The quantitative estimate of drug-likeness (QED) is 0.264. The van der Waals surface area contributed by atoms with Crippen LogP contribution < -0.4 is 10.1 Å². The van der Waals surface area contributed by atoms with Crippen LogP contribution in [-0.2, 0) is 11.3 Å². The lowest BCUT2D eigenvalue weighted by Crippen LogP contribution is -2.50. The molecule has 1 saturated carbocycles. The second-order valence-corrected chi connectivity index (χ2v) is 11.6. The molecule has 2 unspecified atom stereocenters. The van der Waals surface area contributed by atoms with Gasteiger partial charge in [-0.1, -0.05) is 34.4 Å². The smallest absolute Gasteiger partial charge is 0.335 e. The first-order valence-electron chi connectivity index (χ1n) is 14.0. The largest absolute Gasteiger partial charge is 0.492 e. The maximum Gasteiger partial charge on any atom is 0.335 e. The highest BCUT2D eigenvalue weighted by Gasteiger charge is 2.44. The molecule has 2 saturated heterocycles. The van der Waals surface area contributed by atoms with Gasteiger partial charge in [0.15, 0.2) is 0 Å². The fourth-order valence-electron chi connectivity index (χ4n) is 6.06. The van der Waals surface area contributed by atoms with E-state index in [2.05, 4.69) is 10.5 Å². The number of rotatable bonds is 9. The van der Waals surface area contributed by atoms with Gasteiger partial charge in [0.05, 0.1) is 40.6 Å². The molecule has 41 heavy (non-hydrogen) atoms. The molecular formula is C30H31Cl2N3O6. The zero-order valence-corrected chi connectivity index (χ0v) is 24.1. The molecule has 3 atom stereocenters. The number of piperidine rings is 1. The molecule has 1 aromatic heterocycles. The Balaban J connectivity index is 1.14. The van der Waals surface area contributed by atoms with Crippen LogP contribution in [0.1, 0.15) is 73.0 Å². The van der Waals surface area contributed by atoms with Crippen molar-refractivity contribution in [3.05, 3.63) is 63.3 Å². The predicted octanol–water partition coefficient (Wildman–Crippen LogP) is 7.37. The monoisotopic (exact) mass is 599 g/mol. The Hall–Kier alpha value is -3.27. The topological polar surface area (TPSA) is 114 Å². The molecule has 11 heteroatoms. The van der Waals surface area contributed by atoms with Gasteiger partial charge in [0.2, 0.25) is 0 Å². The second kappa shape index (κ2) is 11.5. The summed E-state index contributed by atoms with van der Waals surface area (Å²) < 4.78 is 17.9. The molecule has 2 amide bonds. The number of carbonyl (C=O) groups excluding carboxylic acids is 1. The van der Waals surface area contributed by atoms with Crippen molar-refractivity contribution in [2.45, 2.75) is 76.2 Å². The van der Waals surface area contributed by atoms with E-state index in [-0.39, 0.29) is 29.8 Å². The molecular weight excluding hydrogens is 569 g/mol. The number of carboxylic acids is 1. The zero-order chi connectivity index (χ0) is 28.7. The lowest BCUT2D eigenvalue weighted by Gasteiger charge is -2.38. The maximum absolute atomic E-state index is 13.4. The first-order valence-corrected chi connectivity index (χ1v) is 14.7. The molecule has 9 nitrogen and oxygen atoms in total. The molecule has 0 radical (unpaired) electrons. The standard InChI is InChI=1S/C30H31Cl2N3O6/c1-2-39-25-12-17(29(36)37)8-11-24(25)33-30(38)35-18-9-10-19(35)14-20(13-18)40-15-21-27(34-41-28(21)16-6-7-16)26-22(31)4-3-5-23(26)32/h3-5,8,11-12,16,18-20H,2,6-7,9-10,13-15H2,1H3,(H,33,38)(H,36,37)/t18-,19?,20?/m0/s1. The fraction of sp³-hybridized carbons (Fsp3) is 0.433. The van der Waals surface area contributed by atoms with Gasteiger partial charge in [-0.2, -0.15) is 0 Å². The van der Waals surface area contributed by atoms with E-state index in [4.69, 9.17) is 37.2 Å². The summed E-state index contributed by atoms with van der Waals surface area (Å²) in [6.07, 6.45) is 5.31. The van der Waals surface area contributed by atoms with E-state index in [9.17, 15) is 14.7 Å². The first-order chi connectivity index (χ1) is 19.8. The number of amides is 2. The van der Waals surface area contributed by atoms with E-state index >= 15 is 0 Å². The molecule has 3 aliphatic rings. The minimum atomic E-state index is -1.05. The van der Waals surface area contributed by atoms with Crippen LogP contribution in [0, 0.1) is 0 Å². The maximum atomic E-state index is 13.4. The average Bonchev–Trinajstić information content (AvgIpc) is 3.65. The number of anilines is 1. The van der Waals surface area contributed by atoms with Crippen molar-refractivity contribution in [2.24, 2.45) is 0 Å². The van der Waals surface area contributed by atoms with E-state index < -0.39 is 5.97 Å². The van der Waals surface area contributed by atoms with Crippen molar-refractivity contribution >= 4 is 40.9 Å². The number of ether oxygens (including phenoxy) is 2. The Morgan fingerprint density at radius 2 is 1.80 bits per heavy atom. The van der Waals surface area contributed by atoms with Gasteiger partial charge in [-0.05, 0) is 75.8 Å². The molecule has 216 valence electrons. The molecule has 0 spiro atoms. The van der Waals surface area contributed by atoms with Gasteiger partial charge < -0.3 is 29.3 Å². The molecule has 2 N–H and O–H groups in total. The van der Waals surface area contributed by atoms with Crippen LogP contribution >= 0.6 is 23.2 Å². The number of fused-ring (bicyclic) bond motifs is 2. The molecule has 2 aliphatic heterocycles. The van der Waals surface area contributed by atoms with Crippen LogP contribution in [0.2, 0.25) is 10.0 Å². The SMILES string of the molecule is CCOc1cc(C(=O)O)ccc1NC(=O)N1C2CC[C@H]1CC(OCc1c(-c3c(Cl)cccc3Cl)noc1C1CC1)C2. The van der Waals surface area contributed by atoms with Gasteiger partial charge in [0, 0.05) is 29.1 Å². The van der Waals surface area contributed by atoms with Crippen molar-refractivity contribution < 1.29 is 28.7 Å². The Morgan fingerprint density at radius 3 is 2.44 bits per heavy atom. The summed E-state index contributed by atoms with van der Waals surface area (Å²) in [5, 5.41) is 17.6. The minimum Gasteiger partial charge on any atom is -0.492 e. The van der Waals surface area contributed by atoms with Gasteiger partial charge in [0.25, 0.3) is 0 Å². The average molecular weight is 600 g/mol. The Morgan fingerprint density at radius 1 is 1.10 bits per heavy atom. The van der Waals surface area contributed by atoms with Crippen LogP contribution in [0.3, 0.4) is 0 Å².